The van der Waals surface area contributed by atoms with Crippen molar-refractivity contribution in [2.75, 3.05) is 71.3 Å². The highest BCUT2D eigenvalue weighted by Crippen LogP contribution is 2.51. The average molecular weight is 840 g/mol. The lowest BCUT2D eigenvalue weighted by Gasteiger charge is -2.35. The first-order valence-electron chi connectivity index (χ1n) is 21.3. The molecule has 15 nitrogen and oxygen atoms in total. The lowest BCUT2D eigenvalue weighted by molar-refractivity contribution is -0.155. The molecule has 2 N–H and O–H groups in total. The molecule has 1 saturated carbocycles. The van der Waals surface area contributed by atoms with Crippen molar-refractivity contribution in [3.63, 3.8) is 0 Å². The number of anilines is 1. The summed E-state index contributed by atoms with van der Waals surface area (Å²) in [6, 6.07) is 4.93. The summed E-state index contributed by atoms with van der Waals surface area (Å²) in [5.41, 5.74) is 10.3. The first-order chi connectivity index (χ1) is 29.1. The number of nitrogens with one attached hydrogen (secondary N) is 2. The molecule has 6 aliphatic rings. The predicted octanol–water partition coefficient (Wildman–Crippen LogP) is 4.30. The predicted molar refractivity (Wildman–Crippen MR) is 223 cm³/mol. The smallest absolute Gasteiger partial charge is 0.324 e. The molecule has 16 heteroatoms. The topological polar surface area (TPSA) is 159 Å². The minimum absolute atomic E-state index is 0.135. The normalized spacial score (nSPS) is 26.8. The van der Waals surface area contributed by atoms with Crippen LogP contribution in [0.25, 0.3) is 33.4 Å². The zero-order valence-electron chi connectivity index (χ0n) is 34.7. The zero-order chi connectivity index (χ0) is 41.3. The fourth-order valence-corrected chi connectivity index (χ4v) is 10.7. The lowest BCUT2D eigenvalue weighted by atomic mass is 9.84. The van der Waals surface area contributed by atoms with Crippen molar-refractivity contribution in [2.45, 2.75) is 71.2 Å². The summed E-state index contributed by atoms with van der Waals surface area (Å²) in [4.78, 5) is 54.3. The third kappa shape index (κ3) is 7.23. The van der Waals surface area contributed by atoms with E-state index >= 15 is 0 Å². The van der Waals surface area contributed by atoms with Gasteiger partial charge in [0.2, 0.25) is 5.91 Å². The van der Waals surface area contributed by atoms with Crippen LogP contribution in [-0.2, 0) is 52.7 Å². The molecule has 2 amide bonds. The highest BCUT2D eigenvalue weighted by Gasteiger charge is 2.58. The van der Waals surface area contributed by atoms with Crippen LogP contribution in [0.5, 0.6) is 5.75 Å². The number of nitrogens with zero attached hydrogens (tertiary/aromatic N) is 5. The van der Waals surface area contributed by atoms with Gasteiger partial charge in [-0.05, 0) is 61.8 Å². The van der Waals surface area contributed by atoms with Gasteiger partial charge in [-0.1, -0.05) is 13.8 Å². The van der Waals surface area contributed by atoms with E-state index in [0.717, 1.165) is 74.2 Å². The highest BCUT2D eigenvalue weighted by atomic mass is 32.1. The molecule has 1 unspecified atom stereocenters. The van der Waals surface area contributed by atoms with Gasteiger partial charge >= 0.3 is 5.97 Å². The molecule has 4 aromatic rings. The lowest BCUT2D eigenvalue weighted by Crippen LogP contribution is -2.60. The number of carbonyl (C=O) groups is 3. The van der Waals surface area contributed by atoms with Crippen LogP contribution in [-0.4, -0.2) is 116 Å². The molecule has 60 heavy (non-hydrogen) atoms. The van der Waals surface area contributed by atoms with Crippen molar-refractivity contribution in [1.29, 1.82) is 0 Å². The molecule has 8 heterocycles. The van der Waals surface area contributed by atoms with Gasteiger partial charge in [-0.3, -0.25) is 24.4 Å². The average Bonchev–Trinajstić information content (AvgIpc) is 3.59. The Labute approximate surface area is 353 Å². The van der Waals surface area contributed by atoms with E-state index in [1.54, 1.807) is 7.11 Å². The molecule has 318 valence electrons. The number of methoxy groups -OCH3 is 1. The number of rotatable bonds is 6. The second kappa shape index (κ2) is 15.7. The third-order valence-corrected chi connectivity index (χ3v) is 14.0. The van der Waals surface area contributed by atoms with Gasteiger partial charge < -0.3 is 38.5 Å². The Morgan fingerprint density at radius 3 is 2.67 bits per heavy atom. The van der Waals surface area contributed by atoms with Crippen LogP contribution in [0.3, 0.4) is 0 Å². The number of esters is 1. The molecule has 6 atom stereocenters. The van der Waals surface area contributed by atoms with E-state index < -0.39 is 23.5 Å². The van der Waals surface area contributed by atoms with Gasteiger partial charge in [0.15, 0.2) is 0 Å². The standard InChI is InChI=1S/C44H53N7O8S/c1-24(55-4)38-28(16-26(19-45-38)49-8-11-56-12-9-49)39-29-18-44(2,3)23-59-43(54)32-6-5-7-51(48-32)42(53)33(47-41(52)37-30-20-57-21-31(30)37)17-36-46-34(22-60-36)25-14-27(29)40-35(15-25)58-13-10-50(39)40/h14-16,19,22,24,30-33,37,48H,5-13,17-18,20-21,23H2,1-4H3,(H,47,52)/t24-,30-,31+,32-,33-,37?/m0/s1. The number of cyclic esters (lactones) is 1. The minimum Gasteiger partial charge on any atom is -0.489 e. The third-order valence-electron chi connectivity index (χ3n) is 13.2. The fourth-order valence-electron chi connectivity index (χ4n) is 9.83. The molecule has 10 rings (SSSR count). The Morgan fingerprint density at radius 2 is 1.87 bits per heavy atom. The van der Waals surface area contributed by atoms with Crippen molar-refractivity contribution in [3.8, 4) is 28.3 Å². The maximum atomic E-state index is 14.3. The molecule has 3 saturated heterocycles. The van der Waals surface area contributed by atoms with Gasteiger partial charge in [-0.15, -0.1) is 11.3 Å². The molecule has 3 aromatic heterocycles. The second-order valence-corrected chi connectivity index (χ2v) is 18.8. The number of benzene rings is 1. The summed E-state index contributed by atoms with van der Waals surface area (Å²) in [6.45, 7) is 11.9. The summed E-state index contributed by atoms with van der Waals surface area (Å²) in [6.07, 6.45) is 3.58. The number of ether oxygens (including phenoxy) is 5. The second-order valence-electron chi connectivity index (χ2n) is 17.8. The Bertz CT molecular complexity index is 2330. The van der Waals surface area contributed by atoms with Crippen LogP contribution in [0.1, 0.15) is 56.0 Å². The zero-order valence-corrected chi connectivity index (χ0v) is 35.5. The van der Waals surface area contributed by atoms with Crippen molar-refractivity contribution < 1.29 is 38.1 Å². The Hall–Kier alpha value is -4.61. The SMILES string of the molecule is CO[C@@H](C)c1ncc(N2CCOCC2)cc1-c1c2c3cc(cc4c3n1CCO4)-c1csc(n1)C[C@H](NC(=O)C1[C@H]3COC[C@@H]13)C(=O)N1CCC[C@H](N1)C(=O)OCC(C)(C)C2. The Morgan fingerprint density at radius 1 is 1.05 bits per heavy atom. The molecular formula is C44H53N7O8S. The number of amides is 2. The van der Waals surface area contributed by atoms with E-state index in [1.165, 1.54) is 16.3 Å². The van der Waals surface area contributed by atoms with Crippen molar-refractivity contribution in [2.24, 2.45) is 23.2 Å². The molecule has 0 radical (unpaired) electrons. The molecular weight excluding hydrogens is 787 g/mol. The number of pyridine rings is 1. The van der Waals surface area contributed by atoms with Crippen LogP contribution in [0, 0.1) is 23.2 Å². The van der Waals surface area contributed by atoms with E-state index in [4.69, 9.17) is 33.7 Å². The molecule has 6 bridgehead atoms. The number of morpholine rings is 1. The van der Waals surface area contributed by atoms with Crippen LogP contribution >= 0.6 is 11.3 Å². The van der Waals surface area contributed by atoms with Crippen LogP contribution < -0.4 is 20.4 Å². The number of hydrogen-bond acceptors (Lipinski definition) is 13. The Balaban J connectivity index is 1.10. The summed E-state index contributed by atoms with van der Waals surface area (Å²) in [7, 11) is 1.71. The quantitative estimate of drug-likeness (QED) is 0.266. The Kier molecular flexibility index (Phi) is 10.3. The number of hydrazine groups is 1. The molecule has 1 aliphatic carbocycles. The highest BCUT2D eigenvalue weighted by molar-refractivity contribution is 7.10. The van der Waals surface area contributed by atoms with Crippen LogP contribution in [0.4, 0.5) is 5.69 Å². The number of fused-ring (bicyclic) bond motifs is 7. The van der Waals surface area contributed by atoms with Gasteiger partial charge in [0.25, 0.3) is 5.91 Å². The van der Waals surface area contributed by atoms with Gasteiger partial charge in [0.05, 0.1) is 85.2 Å². The number of thiazole rings is 1. The number of hydrogen-bond donors (Lipinski definition) is 2. The first kappa shape index (κ1) is 39.5. The van der Waals surface area contributed by atoms with E-state index in [-0.39, 0.29) is 48.7 Å². The maximum absolute atomic E-state index is 14.3. The molecule has 4 fully saturated rings. The van der Waals surface area contributed by atoms with Crippen molar-refractivity contribution in [1.82, 2.24) is 30.3 Å². The van der Waals surface area contributed by atoms with E-state index in [1.807, 2.05) is 18.5 Å². The van der Waals surface area contributed by atoms with Gasteiger partial charge in [0.1, 0.15) is 24.4 Å². The van der Waals surface area contributed by atoms with Gasteiger partial charge in [-0.2, -0.15) is 0 Å². The fraction of sp³-hybridized carbons (Fsp3) is 0.568. The largest absolute Gasteiger partial charge is 0.489 e. The molecule has 5 aliphatic heterocycles. The first-order valence-corrected chi connectivity index (χ1v) is 22.2. The summed E-state index contributed by atoms with van der Waals surface area (Å²) in [5, 5.41) is 8.35. The van der Waals surface area contributed by atoms with Crippen LogP contribution in [0.2, 0.25) is 0 Å². The van der Waals surface area contributed by atoms with Gasteiger partial charge in [0, 0.05) is 66.4 Å². The summed E-state index contributed by atoms with van der Waals surface area (Å²) >= 11 is 1.47. The van der Waals surface area contributed by atoms with E-state index in [0.29, 0.717) is 65.4 Å². The monoisotopic (exact) mass is 839 g/mol. The van der Waals surface area contributed by atoms with Crippen molar-refractivity contribution >= 4 is 45.7 Å². The maximum Gasteiger partial charge on any atom is 0.324 e. The summed E-state index contributed by atoms with van der Waals surface area (Å²) < 4.78 is 32.2. The number of carbonyl (C=O) groups excluding carboxylic acids is 3. The van der Waals surface area contributed by atoms with Gasteiger partial charge in [-0.25, -0.2) is 10.4 Å². The molecule has 0 spiro atoms. The minimum atomic E-state index is -0.875. The summed E-state index contributed by atoms with van der Waals surface area (Å²) in [5.74, 6) is 0.154. The van der Waals surface area contributed by atoms with Crippen molar-refractivity contribution in [3.05, 3.63) is 46.0 Å². The molecule has 1 aromatic carbocycles. The number of aromatic nitrogens is 3. The van der Waals surface area contributed by atoms with E-state index in [2.05, 4.69) is 52.3 Å². The van der Waals surface area contributed by atoms with Crippen LogP contribution in [0.15, 0.2) is 29.8 Å². The van der Waals surface area contributed by atoms with E-state index in [9.17, 15) is 14.4 Å².